The second-order valence-electron chi connectivity index (χ2n) is 11.3. The molecule has 0 atom stereocenters. The van der Waals surface area contributed by atoms with E-state index in [0.29, 0.717) is 34.4 Å². The summed E-state index contributed by atoms with van der Waals surface area (Å²) in [5.41, 5.74) is 0.399. The van der Waals surface area contributed by atoms with E-state index in [9.17, 15) is 14.4 Å². The van der Waals surface area contributed by atoms with Crippen LogP contribution in [0.25, 0.3) is 0 Å². The van der Waals surface area contributed by atoms with E-state index in [1.54, 1.807) is 23.1 Å². The Hall–Kier alpha value is -2.97. The molecule has 0 radical (unpaired) electrons. The number of carboxylic acids is 1. The van der Waals surface area contributed by atoms with Gasteiger partial charge in [0, 0.05) is 33.3 Å². The number of aliphatic carboxylic acids is 1. The van der Waals surface area contributed by atoms with Crippen LogP contribution in [0.3, 0.4) is 0 Å². The number of amides is 2. The van der Waals surface area contributed by atoms with E-state index in [2.05, 4.69) is 26.1 Å². The first kappa shape index (κ1) is 29.0. The molecule has 0 unspecified atom stereocenters. The van der Waals surface area contributed by atoms with E-state index in [1.165, 1.54) is 12.1 Å². The lowest BCUT2D eigenvalue weighted by Crippen LogP contribution is -2.49. The average Bonchev–Trinajstić information content (AvgIpc) is 3.10. The molecule has 1 fully saturated rings. The summed E-state index contributed by atoms with van der Waals surface area (Å²) in [6.45, 7) is 6.55. The van der Waals surface area contributed by atoms with Gasteiger partial charge in [-0.15, -0.1) is 0 Å². The van der Waals surface area contributed by atoms with Gasteiger partial charge in [0.15, 0.2) is 0 Å². The molecule has 0 bridgehead atoms. The zero-order valence-corrected chi connectivity index (χ0v) is 23.7. The maximum absolute atomic E-state index is 15.3. The van der Waals surface area contributed by atoms with Gasteiger partial charge in [0.2, 0.25) is 0 Å². The van der Waals surface area contributed by atoms with Gasteiger partial charge < -0.3 is 15.3 Å². The Balaban J connectivity index is 1.62. The van der Waals surface area contributed by atoms with Gasteiger partial charge in [-0.1, -0.05) is 50.0 Å². The number of aliphatic imine (C=N–C) groups is 1. The van der Waals surface area contributed by atoms with Crippen LogP contribution in [0.4, 0.5) is 4.39 Å². The van der Waals surface area contributed by atoms with Crippen molar-refractivity contribution >= 4 is 46.7 Å². The summed E-state index contributed by atoms with van der Waals surface area (Å²) >= 11 is 12.4. The number of carbonyl (C=O) groups excluding carboxylic acids is 2. The van der Waals surface area contributed by atoms with Gasteiger partial charge in [-0.25, -0.2) is 4.39 Å². The molecular formula is C29H32Cl2FN3O4. The van der Waals surface area contributed by atoms with Crippen molar-refractivity contribution in [3.8, 4) is 0 Å². The molecule has 4 rings (SSSR count). The summed E-state index contributed by atoms with van der Waals surface area (Å²) < 4.78 is 15.3. The van der Waals surface area contributed by atoms with Gasteiger partial charge in [-0.2, -0.15) is 0 Å². The summed E-state index contributed by atoms with van der Waals surface area (Å²) in [6.07, 6.45) is 2.80. The smallest absolute Gasteiger partial charge is 0.305 e. The zero-order valence-electron chi connectivity index (χ0n) is 22.2. The van der Waals surface area contributed by atoms with Gasteiger partial charge in [0.1, 0.15) is 17.2 Å². The number of nitrogens with one attached hydrogen (secondary N) is 1. The Morgan fingerprint density at radius 1 is 1.13 bits per heavy atom. The van der Waals surface area contributed by atoms with Crippen molar-refractivity contribution in [2.75, 3.05) is 6.54 Å². The molecule has 1 aliphatic carbocycles. The summed E-state index contributed by atoms with van der Waals surface area (Å²) in [5.74, 6) is -2.10. The molecule has 7 nitrogen and oxygen atoms in total. The van der Waals surface area contributed by atoms with Crippen molar-refractivity contribution in [3.63, 3.8) is 0 Å². The number of nitrogens with zero attached hydrogens (tertiary/aromatic N) is 2. The Labute approximate surface area is 237 Å². The number of rotatable bonds is 7. The van der Waals surface area contributed by atoms with Crippen molar-refractivity contribution in [2.45, 2.75) is 65.1 Å². The lowest BCUT2D eigenvalue weighted by atomic mass is 9.69. The highest BCUT2D eigenvalue weighted by Gasteiger charge is 2.50. The maximum Gasteiger partial charge on any atom is 0.305 e. The molecule has 2 aromatic carbocycles. The van der Waals surface area contributed by atoms with Crippen LogP contribution in [-0.4, -0.2) is 45.7 Å². The normalized spacial score (nSPS) is 21.3. The Bertz CT molecular complexity index is 1310. The summed E-state index contributed by atoms with van der Waals surface area (Å²) in [4.78, 5) is 43.4. The largest absolute Gasteiger partial charge is 0.481 e. The number of benzene rings is 2. The van der Waals surface area contributed by atoms with Crippen molar-refractivity contribution in [2.24, 2.45) is 16.3 Å². The van der Waals surface area contributed by atoms with Gasteiger partial charge in [0.25, 0.3) is 11.8 Å². The molecule has 1 heterocycles. The van der Waals surface area contributed by atoms with Gasteiger partial charge in [0.05, 0.1) is 13.0 Å². The zero-order chi connectivity index (χ0) is 28.5. The van der Waals surface area contributed by atoms with E-state index in [4.69, 9.17) is 33.3 Å². The molecule has 2 aliphatic rings. The predicted molar refractivity (Wildman–Crippen MR) is 149 cm³/mol. The Morgan fingerprint density at radius 2 is 1.77 bits per heavy atom. The predicted octanol–water partition coefficient (Wildman–Crippen LogP) is 6.10. The molecule has 2 amide bonds. The third-order valence-electron chi connectivity index (χ3n) is 7.69. The molecule has 2 N–H and O–H groups in total. The molecule has 39 heavy (non-hydrogen) atoms. The minimum absolute atomic E-state index is 0.0208. The number of hydrogen-bond acceptors (Lipinski definition) is 4. The minimum atomic E-state index is -1.04. The van der Waals surface area contributed by atoms with Gasteiger partial charge in [-0.3, -0.25) is 19.4 Å². The van der Waals surface area contributed by atoms with E-state index in [1.807, 2.05) is 0 Å². The average molecular weight is 576 g/mol. The second-order valence-corrected chi connectivity index (χ2v) is 12.2. The van der Waals surface area contributed by atoms with Crippen LogP contribution in [0.5, 0.6) is 0 Å². The van der Waals surface area contributed by atoms with E-state index in [-0.39, 0.29) is 47.7 Å². The highest BCUT2D eigenvalue weighted by molar-refractivity contribution is 6.47. The SMILES string of the molecule is CC(C)(C)C1CCC2(CC1)N=C(c1cc(Cl)cc(Cl)c1)C(=O)N2Cc1ccc(C(=O)NCCC(=O)O)cc1F. The monoisotopic (exact) mass is 575 g/mol. The van der Waals surface area contributed by atoms with E-state index in [0.717, 1.165) is 18.9 Å². The third kappa shape index (κ3) is 6.44. The number of hydrogen-bond donors (Lipinski definition) is 2. The summed E-state index contributed by atoms with van der Waals surface area (Å²) in [7, 11) is 0. The van der Waals surface area contributed by atoms with Crippen LogP contribution < -0.4 is 5.32 Å². The maximum atomic E-state index is 15.3. The lowest BCUT2D eigenvalue weighted by molar-refractivity contribution is -0.136. The highest BCUT2D eigenvalue weighted by Crippen LogP contribution is 2.47. The minimum Gasteiger partial charge on any atom is -0.481 e. The van der Waals surface area contributed by atoms with Crippen molar-refractivity contribution in [1.82, 2.24) is 10.2 Å². The fourth-order valence-electron chi connectivity index (χ4n) is 5.43. The number of halogens is 3. The molecule has 208 valence electrons. The quantitative estimate of drug-likeness (QED) is 0.416. The third-order valence-corrected chi connectivity index (χ3v) is 8.12. The summed E-state index contributed by atoms with van der Waals surface area (Å²) in [6, 6.07) is 8.95. The number of carboxylic acid groups (broad SMARTS) is 1. The molecule has 1 saturated carbocycles. The van der Waals surface area contributed by atoms with Crippen molar-refractivity contribution in [3.05, 3.63) is 69.0 Å². The molecule has 10 heteroatoms. The molecule has 0 saturated heterocycles. The summed E-state index contributed by atoms with van der Waals surface area (Å²) in [5, 5.41) is 12.0. The first-order valence-corrected chi connectivity index (χ1v) is 13.7. The van der Waals surface area contributed by atoms with Gasteiger partial charge in [-0.05, 0) is 67.3 Å². The van der Waals surface area contributed by atoms with Gasteiger partial charge >= 0.3 is 5.97 Å². The fourth-order valence-corrected chi connectivity index (χ4v) is 5.96. The topological polar surface area (TPSA) is 99.1 Å². The molecule has 1 spiro atoms. The molecule has 1 aliphatic heterocycles. The Morgan fingerprint density at radius 3 is 2.33 bits per heavy atom. The van der Waals surface area contributed by atoms with Crippen molar-refractivity contribution in [1.29, 1.82) is 0 Å². The fraction of sp³-hybridized carbons (Fsp3) is 0.448. The lowest BCUT2D eigenvalue weighted by Gasteiger charge is -2.44. The van der Waals surface area contributed by atoms with Crippen LogP contribution >= 0.6 is 23.2 Å². The van der Waals surface area contributed by atoms with Crippen LogP contribution in [0.15, 0.2) is 41.4 Å². The molecule has 0 aromatic heterocycles. The highest BCUT2D eigenvalue weighted by atomic mass is 35.5. The van der Waals surface area contributed by atoms with Crippen molar-refractivity contribution < 1.29 is 23.9 Å². The second kappa shape index (κ2) is 11.3. The van der Waals surface area contributed by atoms with Crippen LogP contribution in [0.2, 0.25) is 10.0 Å². The van der Waals surface area contributed by atoms with E-state index < -0.39 is 23.4 Å². The van der Waals surface area contributed by atoms with Crippen LogP contribution in [-0.2, 0) is 16.1 Å². The van der Waals surface area contributed by atoms with Crippen LogP contribution in [0, 0.1) is 17.2 Å². The molecule has 2 aromatic rings. The number of carbonyl (C=O) groups is 3. The Kier molecular flexibility index (Phi) is 8.38. The van der Waals surface area contributed by atoms with Crippen LogP contribution in [0.1, 0.15) is 74.4 Å². The van der Waals surface area contributed by atoms with E-state index >= 15 is 4.39 Å². The molecular weight excluding hydrogens is 544 g/mol. The first-order chi connectivity index (χ1) is 18.3. The standard InChI is InChI=1S/C29H32Cl2FN3O4/c1-28(2,3)20-6-9-29(10-7-20)34-25(19-12-21(30)15-22(31)13-19)27(39)35(29)16-18-5-4-17(14-23(18)32)26(38)33-11-8-24(36)37/h4-5,12-15,20H,6-11,16H2,1-3H3,(H,33,38)(H,36,37). The first-order valence-electron chi connectivity index (χ1n) is 13.0.